The van der Waals surface area contributed by atoms with Gasteiger partial charge in [0.15, 0.2) is 0 Å². The van der Waals surface area contributed by atoms with Gasteiger partial charge in [0.2, 0.25) is 11.8 Å². The van der Waals surface area contributed by atoms with Crippen molar-refractivity contribution in [1.82, 2.24) is 15.1 Å². The number of nitrogens with zero attached hydrogens (tertiary/aromatic N) is 2. The lowest BCUT2D eigenvalue weighted by molar-refractivity contribution is -0.136. The van der Waals surface area contributed by atoms with Crippen molar-refractivity contribution in [2.45, 2.75) is 38.6 Å². The highest BCUT2D eigenvalue weighted by molar-refractivity contribution is 6.05. The highest BCUT2D eigenvalue weighted by Gasteiger charge is 2.40. The molecule has 3 amide bonds. The first-order valence-corrected chi connectivity index (χ1v) is 11.5. The molecule has 5 rings (SSSR count). The molecular weight excluding hydrogens is 441 g/mol. The molecular formula is C25H26FN3O5. The van der Waals surface area contributed by atoms with E-state index in [9.17, 15) is 18.8 Å². The third kappa shape index (κ3) is 4.53. The molecule has 0 bridgehead atoms. The first-order chi connectivity index (χ1) is 16.5. The number of imide groups is 1. The summed E-state index contributed by atoms with van der Waals surface area (Å²) in [7, 11) is 0. The van der Waals surface area contributed by atoms with Crippen LogP contribution >= 0.6 is 0 Å². The minimum atomic E-state index is -0.695. The van der Waals surface area contributed by atoms with Crippen LogP contribution in [0.2, 0.25) is 0 Å². The number of morpholine rings is 1. The number of carbonyl (C=O) groups is 3. The summed E-state index contributed by atoms with van der Waals surface area (Å²) in [4.78, 5) is 40.5. The van der Waals surface area contributed by atoms with Crippen molar-refractivity contribution in [2.24, 2.45) is 0 Å². The largest absolute Gasteiger partial charge is 0.488 e. The van der Waals surface area contributed by atoms with Gasteiger partial charge in [0.05, 0.1) is 19.8 Å². The van der Waals surface area contributed by atoms with Crippen LogP contribution in [0.3, 0.4) is 0 Å². The van der Waals surface area contributed by atoms with Crippen LogP contribution in [0.15, 0.2) is 36.4 Å². The van der Waals surface area contributed by atoms with Crippen LogP contribution in [0, 0.1) is 5.82 Å². The van der Waals surface area contributed by atoms with Gasteiger partial charge >= 0.3 is 0 Å². The normalized spacial score (nSPS) is 20.9. The van der Waals surface area contributed by atoms with E-state index in [1.807, 2.05) is 6.07 Å². The van der Waals surface area contributed by atoms with Crippen LogP contribution in [0.25, 0.3) is 0 Å². The second-order valence-corrected chi connectivity index (χ2v) is 8.79. The fraction of sp³-hybridized carbons (Fsp3) is 0.400. The minimum absolute atomic E-state index is 0.0197. The number of fused-ring (bicyclic) bond motifs is 1. The molecule has 34 heavy (non-hydrogen) atoms. The molecule has 2 aromatic rings. The van der Waals surface area contributed by atoms with Crippen LogP contribution in [-0.2, 0) is 34.0 Å². The van der Waals surface area contributed by atoms with E-state index in [0.29, 0.717) is 48.6 Å². The fourth-order valence-corrected chi connectivity index (χ4v) is 4.70. The maximum atomic E-state index is 14.5. The Balaban J connectivity index is 1.29. The summed E-state index contributed by atoms with van der Waals surface area (Å²) in [5.41, 5.74) is 2.57. The van der Waals surface area contributed by atoms with E-state index < -0.39 is 11.9 Å². The Bertz CT molecular complexity index is 1130. The Morgan fingerprint density at radius 1 is 1.12 bits per heavy atom. The van der Waals surface area contributed by atoms with Gasteiger partial charge in [0, 0.05) is 42.7 Å². The molecule has 1 atom stereocenters. The molecule has 2 aromatic carbocycles. The number of nitrogens with one attached hydrogen (secondary N) is 1. The predicted molar refractivity (Wildman–Crippen MR) is 119 cm³/mol. The molecule has 9 heteroatoms. The summed E-state index contributed by atoms with van der Waals surface area (Å²) in [6.45, 7) is 4.03. The molecule has 2 fully saturated rings. The average Bonchev–Trinajstić information content (AvgIpc) is 3.17. The fourth-order valence-electron chi connectivity index (χ4n) is 4.70. The number of benzene rings is 2. The van der Waals surface area contributed by atoms with Gasteiger partial charge in [-0.1, -0.05) is 12.1 Å². The Morgan fingerprint density at radius 3 is 2.74 bits per heavy atom. The molecule has 3 aliphatic heterocycles. The highest BCUT2D eigenvalue weighted by Crippen LogP contribution is 2.34. The second-order valence-electron chi connectivity index (χ2n) is 8.79. The summed E-state index contributed by atoms with van der Waals surface area (Å²) < 4.78 is 25.9. The van der Waals surface area contributed by atoms with Crippen LogP contribution in [0.1, 0.15) is 39.9 Å². The number of piperidine rings is 1. The van der Waals surface area contributed by atoms with Crippen LogP contribution < -0.4 is 10.1 Å². The third-order valence-electron chi connectivity index (χ3n) is 6.54. The first-order valence-electron chi connectivity index (χ1n) is 11.5. The topological polar surface area (TPSA) is 88.2 Å². The molecule has 1 N–H and O–H groups in total. The maximum Gasteiger partial charge on any atom is 0.255 e. The van der Waals surface area contributed by atoms with E-state index in [4.69, 9.17) is 9.47 Å². The summed E-state index contributed by atoms with van der Waals surface area (Å²) in [5.74, 6) is -0.918. The minimum Gasteiger partial charge on any atom is -0.488 e. The van der Waals surface area contributed by atoms with Gasteiger partial charge in [-0.2, -0.15) is 0 Å². The SMILES string of the molecule is O=C1CCC(N2Cc3c(OCc4cc(CN5CCOCC5)ccc4F)cccc3C2=O)C(=O)N1. The Hall–Kier alpha value is -3.30. The van der Waals surface area contributed by atoms with E-state index in [1.165, 1.54) is 11.0 Å². The summed E-state index contributed by atoms with van der Waals surface area (Å²) in [6, 6.07) is 9.51. The number of hydrogen-bond donors (Lipinski definition) is 1. The lowest BCUT2D eigenvalue weighted by Gasteiger charge is -2.29. The third-order valence-corrected chi connectivity index (χ3v) is 6.54. The zero-order chi connectivity index (χ0) is 23.7. The zero-order valence-electron chi connectivity index (χ0n) is 18.7. The van der Waals surface area contributed by atoms with Gasteiger partial charge in [0.1, 0.15) is 24.2 Å². The van der Waals surface area contributed by atoms with Crippen molar-refractivity contribution in [2.75, 3.05) is 26.3 Å². The summed E-state index contributed by atoms with van der Waals surface area (Å²) in [6.07, 6.45) is 0.488. The molecule has 1 unspecified atom stereocenters. The lowest BCUT2D eigenvalue weighted by atomic mass is 10.0. The van der Waals surface area contributed by atoms with Crippen molar-refractivity contribution < 1.29 is 28.2 Å². The number of ether oxygens (including phenoxy) is 2. The van der Waals surface area contributed by atoms with E-state index in [-0.39, 0.29) is 37.2 Å². The Morgan fingerprint density at radius 2 is 1.94 bits per heavy atom. The smallest absolute Gasteiger partial charge is 0.255 e. The van der Waals surface area contributed by atoms with Gasteiger partial charge in [0.25, 0.3) is 5.91 Å². The number of hydrogen-bond acceptors (Lipinski definition) is 6. The first kappa shape index (κ1) is 22.5. The Labute approximate surface area is 196 Å². The average molecular weight is 467 g/mol. The second kappa shape index (κ2) is 9.52. The molecule has 0 saturated carbocycles. The Kier molecular flexibility index (Phi) is 6.30. The molecule has 0 aliphatic carbocycles. The molecule has 0 radical (unpaired) electrons. The van der Waals surface area contributed by atoms with Gasteiger partial charge in [-0.25, -0.2) is 4.39 Å². The number of halogens is 1. The summed E-state index contributed by atoms with van der Waals surface area (Å²) >= 11 is 0. The molecule has 8 nitrogen and oxygen atoms in total. The van der Waals surface area contributed by atoms with Gasteiger partial charge in [-0.15, -0.1) is 0 Å². The van der Waals surface area contributed by atoms with Crippen molar-refractivity contribution >= 4 is 17.7 Å². The molecule has 0 spiro atoms. The molecule has 2 saturated heterocycles. The standard InChI is InChI=1S/C25H26FN3O5/c26-20-5-4-16(13-28-8-10-33-11-9-28)12-17(20)15-34-22-3-1-2-18-19(22)14-29(25(18)32)21-6-7-23(30)27-24(21)31/h1-5,12,21H,6-11,13-15H2,(H,27,30,31). The van der Waals surface area contributed by atoms with Crippen molar-refractivity contribution in [3.63, 3.8) is 0 Å². The van der Waals surface area contributed by atoms with E-state index >= 15 is 0 Å². The number of amides is 3. The van der Waals surface area contributed by atoms with Crippen LogP contribution in [0.5, 0.6) is 5.75 Å². The van der Waals surface area contributed by atoms with Crippen molar-refractivity contribution in [1.29, 1.82) is 0 Å². The van der Waals surface area contributed by atoms with E-state index in [1.54, 1.807) is 24.3 Å². The summed E-state index contributed by atoms with van der Waals surface area (Å²) in [5, 5.41) is 2.30. The van der Waals surface area contributed by atoms with Crippen LogP contribution in [0.4, 0.5) is 4.39 Å². The number of rotatable bonds is 6. The predicted octanol–water partition coefficient (Wildman–Crippen LogP) is 2.00. The monoisotopic (exact) mass is 467 g/mol. The molecule has 3 heterocycles. The van der Waals surface area contributed by atoms with Gasteiger partial charge < -0.3 is 14.4 Å². The molecule has 178 valence electrons. The maximum absolute atomic E-state index is 14.5. The van der Waals surface area contributed by atoms with Crippen molar-refractivity contribution in [3.05, 3.63) is 64.5 Å². The molecule has 0 aromatic heterocycles. The number of carbonyl (C=O) groups excluding carboxylic acids is 3. The lowest BCUT2D eigenvalue weighted by Crippen LogP contribution is -2.52. The van der Waals surface area contributed by atoms with E-state index in [2.05, 4.69) is 10.2 Å². The van der Waals surface area contributed by atoms with Crippen LogP contribution in [-0.4, -0.2) is 59.9 Å². The molecule has 3 aliphatic rings. The van der Waals surface area contributed by atoms with Gasteiger partial charge in [-0.05, 0) is 36.2 Å². The van der Waals surface area contributed by atoms with Crippen molar-refractivity contribution in [3.8, 4) is 5.75 Å². The highest BCUT2D eigenvalue weighted by atomic mass is 19.1. The van der Waals surface area contributed by atoms with Gasteiger partial charge in [-0.3, -0.25) is 24.6 Å². The quantitative estimate of drug-likeness (QED) is 0.654. The van der Waals surface area contributed by atoms with E-state index in [0.717, 1.165) is 18.7 Å². The zero-order valence-corrected chi connectivity index (χ0v) is 18.7.